The zero-order chi connectivity index (χ0) is 18.7. The van der Waals surface area contributed by atoms with Gasteiger partial charge in [0.1, 0.15) is 5.82 Å². The zero-order valence-corrected chi connectivity index (χ0v) is 15.7. The van der Waals surface area contributed by atoms with Gasteiger partial charge in [-0.1, -0.05) is 5.16 Å². The van der Waals surface area contributed by atoms with Crippen molar-refractivity contribution in [3.63, 3.8) is 0 Å². The molecule has 0 spiro atoms. The van der Waals surface area contributed by atoms with Crippen LogP contribution >= 0.6 is 11.3 Å². The highest BCUT2D eigenvalue weighted by atomic mass is 32.2. The van der Waals surface area contributed by atoms with Gasteiger partial charge in [0.15, 0.2) is 0 Å². The molecule has 3 aromatic rings. The van der Waals surface area contributed by atoms with Crippen molar-refractivity contribution in [2.24, 2.45) is 0 Å². The lowest BCUT2D eigenvalue weighted by Gasteiger charge is -2.04. The number of rotatable bonds is 7. The van der Waals surface area contributed by atoms with Gasteiger partial charge < -0.3 is 9.26 Å². The molecule has 0 radical (unpaired) electrons. The van der Waals surface area contributed by atoms with E-state index in [9.17, 15) is 12.8 Å². The standard InChI is InChI=1S/C16H16FN3O4S2/c1-10-14(26(21,22)18-7-8-23-2)9-13(25-10)16-19-15(20-24-16)11-3-5-12(17)6-4-11/h3-6,9,18H,7-8H2,1-2H3. The molecule has 0 aliphatic rings. The molecule has 0 atom stereocenters. The summed E-state index contributed by atoms with van der Waals surface area (Å²) in [5.74, 6) is 0.145. The highest BCUT2D eigenvalue weighted by Gasteiger charge is 2.22. The van der Waals surface area contributed by atoms with E-state index in [0.29, 0.717) is 21.1 Å². The van der Waals surface area contributed by atoms with Crippen LogP contribution in [0, 0.1) is 12.7 Å². The Morgan fingerprint density at radius 2 is 2.04 bits per heavy atom. The Morgan fingerprint density at radius 3 is 2.73 bits per heavy atom. The molecule has 26 heavy (non-hydrogen) atoms. The Kier molecular flexibility index (Phi) is 5.47. The van der Waals surface area contributed by atoms with E-state index in [4.69, 9.17) is 9.26 Å². The summed E-state index contributed by atoms with van der Waals surface area (Å²) in [4.78, 5) is 5.57. The van der Waals surface area contributed by atoms with Crippen LogP contribution in [0.3, 0.4) is 0 Å². The first kappa shape index (κ1) is 18.6. The SMILES string of the molecule is COCCNS(=O)(=O)c1cc(-c2nc(-c3ccc(F)cc3)no2)sc1C. The summed E-state index contributed by atoms with van der Waals surface area (Å²) in [6.45, 7) is 2.16. The summed E-state index contributed by atoms with van der Waals surface area (Å²) in [7, 11) is -2.16. The van der Waals surface area contributed by atoms with Crippen molar-refractivity contribution in [2.75, 3.05) is 20.3 Å². The van der Waals surface area contributed by atoms with Gasteiger partial charge in [-0.15, -0.1) is 11.3 Å². The molecule has 10 heteroatoms. The number of halogens is 1. The molecular weight excluding hydrogens is 381 g/mol. The first-order valence-electron chi connectivity index (χ1n) is 7.60. The van der Waals surface area contributed by atoms with Gasteiger partial charge in [0, 0.05) is 24.1 Å². The van der Waals surface area contributed by atoms with Gasteiger partial charge in [-0.2, -0.15) is 4.98 Å². The van der Waals surface area contributed by atoms with Crippen molar-refractivity contribution in [3.05, 3.63) is 41.0 Å². The number of hydrogen-bond acceptors (Lipinski definition) is 7. The van der Waals surface area contributed by atoms with E-state index in [1.165, 1.54) is 36.6 Å². The number of nitrogens with zero attached hydrogens (tertiary/aromatic N) is 2. The van der Waals surface area contributed by atoms with Gasteiger partial charge in [0.25, 0.3) is 5.89 Å². The van der Waals surface area contributed by atoms with Crippen LogP contribution in [0.2, 0.25) is 0 Å². The lowest BCUT2D eigenvalue weighted by molar-refractivity contribution is 0.204. The van der Waals surface area contributed by atoms with Crippen molar-refractivity contribution in [1.29, 1.82) is 0 Å². The van der Waals surface area contributed by atoms with Crippen LogP contribution in [0.25, 0.3) is 22.2 Å². The summed E-state index contributed by atoms with van der Waals surface area (Å²) >= 11 is 1.24. The first-order chi connectivity index (χ1) is 12.4. The third-order valence-corrected chi connectivity index (χ3v) is 6.25. The van der Waals surface area contributed by atoms with Crippen molar-refractivity contribution in [2.45, 2.75) is 11.8 Å². The van der Waals surface area contributed by atoms with Gasteiger partial charge >= 0.3 is 0 Å². The van der Waals surface area contributed by atoms with E-state index in [1.807, 2.05) is 0 Å². The summed E-state index contributed by atoms with van der Waals surface area (Å²) in [6, 6.07) is 7.18. The Morgan fingerprint density at radius 1 is 1.31 bits per heavy atom. The lowest BCUT2D eigenvalue weighted by atomic mass is 10.2. The fraction of sp³-hybridized carbons (Fsp3) is 0.250. The average Bonchev–Trinajstić information content (AvgIpc) is 3.23. The second-order valence-electron chi connectivity index (χ2n) is 5.35. The number of nitrogens with one attached hydrogen (secondary N) is 1. The fourth-order valence-electron chi connectivity index (χ4n) is 2.23. The Balaban J connectivity index is 1.86. The molecule has 1 aromatic carbocycles. The van der Waals surface area contributed by atoms with Gasteiger partial charge in [-0.3, -0.25) is 0 Å². The average molecular weight is 397 g/mol. The topological polar surface area (TPSA) is 94.3 Å². The number of benzene rings is 1. The number of aromatic nitrogens is 2. The number of hydrogen-bond donors (Lipinski definition) is 1. The van der Waals surface area contributed by atoms with Crippen LogP contribution in [0.1, 0.15) is 4.88 Å². The molecule has 0 aliphatic heterocycles. The molecule has 1 N–H and O–H groups in total. The lowest BCUT2D eigenvalue weighted by Crippen LogP contribution is -2.27. The van der Waals surface area contributed by atoms with Gasteiger partial charge in [0.2, 0.25) is 15.8 Å². The molecule has 0 unspecified atom stereocenters. The van der Waals surface area contributed by atoms with Crippen LogP contribution in [0.5, 0.6) is 0 Å². The molecule has 138 valence electrons. The number of sulfonamides is 1. The minimum Gasteiger partial charge on any atom is -0.383 e. The van der Waals surface area contributed by atoms with E-state index < -0.39 is 10.0 Å². The molecule has 0 bridgehead atoms. The van der Waals surface area contributed by atoms with Crippen LogP contribution in [0.4, 0.5) is 4.39 Å². The smallest absolute Gasteiger partial charge is 0.268 e. The van der Waals surface area contributed by atoms with E-state index in [1.54, 1.807) is 19.1 Å². The number of ether oxygens (including phenoxy) is 1. The number of methoxy groups -OCH3 is 1. The first-order valence-corrected chi connectivity index (χ1v) is 9.90. The maximum absolute atomic E-state index is 13.0. The maximum atomic E-state index is 13.0. The van der Waals surface area contributed by atoms with Crippen LogP contribution in [0.15, 0.2) is 39.8 Å². The van der Waals surface area contributed by atoms with Gasteiger partial charge in [0.05, 0.1) is 16.4 Å². The molecule has 2 heterocycles. The second-order valence-corrected chi connectivity index (χ2v) is 8.34. The number of thiophene rings is 1. The minimum atomic E-state index is -3.65. The fourth-order valence-corrected chi connectivity index (χ4v) is 4.76. The predicted molar refractivity (Wildman–Crippen MR) is 94.8 cm³/mol. The molecule has 0 saturated heterocycles. The minimum absolute atomic E-state index is 0.162. The summed E-state index contributed by atoms with van der Waals surface area (Å²) in [5.41, 5.74) is 0.601. The Labute approximate surface area is 153 Å². The molecule has 2 aromatic heterocycles. The van der Waals surface area contributed by atoms with E-state index in [0.717, 1.165) is 0 Å². The van der Waals surface area contributed by atoms with Crippen LogP contribution < -0.4 is 4.72 Å². The van der Waals surface area contributed by atoms with Crippen molar-refractivity contribution in [3.8, 4) is 22.2 Å². The molecular formula is C16H16FN3O4S2. The van der Waals surface area contributed by atoms with Crippen LogP contribution in [-0.4, -0.2) is 38.8 Å². The Bertz CT molecular complexity index is 997. The molecule has 0 saturated carbocycles. The third kappa shape index (κ3) is 3.98. The predicted octanol–water partition coefficient (Wildman–Crippen LogP) is 2.84. The summed E-state index contributed by atoms with van der Waals surface area (Å²) in [5, 5.41) is 3.87. The normalized spacial score (nSPS) is 11.8. The molecule has 0 amide bonds. The quantitative estimate of drug-likeness (QED) is 0.616. The second kappa shape index (κ2) is 7.62. The summed E-state index contributed by atoms with van der Waals surface area (Å²) < 4.78 is 50.3. The number of aryl methyl sites for hydroxylation is 1. The Hall–Kier alpha value is -2.14. The highest BCUT2D eigenvalue weighted by molar-refractivity contribution is 7.89. The maximum Gasteiger partial charge on any atom is 0.268 e. The monoisotopic (exact) mass is 397 g/mol. The van der Waals surface area contributed by atoms with Gasteiger partial charge in [-0.25, -0.2) is 17.5 Å². The van der Waals surface area contributed by atoms with E-state index >= 15 is 0 Å². The van der Waals surface area contributed by atoms with E-state index in [2.05, 4.69) is 14.9 Å². The molecule has 3 rings (SSSR count). The molecule has 0 fully saturated rings. The summed E-state index contributed by atoms with van der Waals surface area (Å²) in [6.07, 6.45) is 0. The largest absolute Gasteiger partial charge is 0.383 e. The van der Waals surface area contributed by atoms with Gasteiger partial charge in [-0.05, 0) is 37.3 Å². The zero-order valence-electron chi connectivity index (χ0n) is 14.0. The highest BCUT2D eigenvalue weighted by Crippen LogP contribution is 2.33. The van der Waals surface area contributed by atoms with Crippen molar-refractivity contribution >= 4 is 21.4 Å². The molecule has 0 aliphatic carbocycles. The third-order valence-electron chi connectivity index (χ3n) is 3.50. The van der Waals surface area contributed by atoms with Crippen molar-refractivity contribution < 1.29 is 22.1 Å². The molecule has 7 nitrogen and oxygen atoms in total. The van der Waals surface area contributed by atoms with E-state index in [-0.39, 0.29) is 29.8 Å². The van der Waals surface area contributed by atoms with Crippen LogP contribution in [-0.2, 0) is 14.8 Å². The van der Waals surface area contributed by atoms with Crippen molar-refractivity contribution in [1.82, 2.24) is 14.9 Å².